The highest BCUT2D eigenvalue weighted by Gasteiger charge is 2.14. The van der Waals surface area contributed by atoms with Crippen molar-refractivity contribution in [3.8, 4) is 0 Å². The first kappa shape index (κ1) is 14.6. The van der Waals surface area contributed by atoms with Gasteiger partial charge in [0.2, 0.25) is 0 Å². The minimum absolute atomic E-state index is 0.0186. The Hall–Kier alpha value is -1.47. The molecule has 1 rings (SSSR count). The van der Waals surface area contributed by atoms with Gasteiger partial charge in [-0.1, -0.05) is 0 Å². The lowest BCUT2D eigenvalue weighted by molar-refractivity contribution is -0.146. The fourth-order valence-electron chi connectivity index (χ4n) is 1.21. The van der Waals surface area contributed by atoms with E-state index in [1.165, 1.54) is 12.1 Å². The number of carboxylic acids is 1. The van der Waals surface area contributed by atoms with Crippen molar-refractivity contribution in [2.75, 3.05) is 6.54 Å². The molecule has 7 heteroatoms. The molecule has 0 bridgehead atoms. The van der Waals surface area contributed by atoms with Crippen LogP contribution in [0.25, 0.3) is 0 Å². The van der Waals surface area contributed by atoms with Gasteiger partial charge in [-0.15, -0.1) is 0 Å². The van der Waals surface area contributed by atoms with Crippen molar-refractivity contribution < 1.29 is 24.2 Å². The van der Waals surface area contributed by atoms with Crippen molar-refractivity contribution in [3.63, 3.8) is 0 Å². The Bertz CT molecular complexity index is 466. The van der Waals surface area contributed by atoms with Gasteiger partial charge in [0.25, 0.3) is 5.91 Å². The topological polar surface area (TPSA) is 86.6 Å². The molecule has 0 heterocycles. The van der Waals surface area contributed by atoms with Crippen LogP contribution in [0.15, 0.2) is 22.7 Å². The molecule has 0 fully saturated rings. The first-order valence-electron chi connectivity index (χ1n) is 5.06. The van der Waals surface area contributed by atoms with Gasteiger partial charge in [-0.2, -0.15) is 0 Å². The van der Waals surface area contributed by atoms with Gasteiger partial charge in [-0.25, -0.2) is 9.18 Å². The number of nitrogens with one attached hydrogen (secondary N) is 1. The van der Waals surface area contributed by atoms with Crippen LogP contribution in [0.2, 0.25) is 0 Å². The summed E-state index contributed by atoms with van der Waals surface area (Å²) in [7, 11) is 0. The van der Waals surface area contributed by atoms with Gasteiger partial charge in [-0.05, 0) is 34.1 Å². The zero-order chi connectivity index (χ0) is 13.7. The summed E-state index contributed by atoms with van der Waals surface area (Å²) in [5, 5.41) is 19.8. The number of rotatable bonds is 5. The minimum atomic E-state index is -1.53. The van der Waals surface area contributed by atoms with Crippen LogP contribution in [0.4, 0.5) is 4.39 Å². The van der Waals surface area contributed by atoms with Crippen LogP contribution in [0.1, 0.15) is 16.8 Å². The fourth-order valence-corrected chi connectivity index (χ4v) is 1.64. The van der Waals surface area contributed by atoms with Crippen LogP contribution < -0.4 is 5.32 Å². The van der Waals surface area contributed by atoms with E-state index < -0.39 is 23.8 Å². The van der Waals surface area contributed by atoms with Gasteiger partial charge in [0.05, 0.1) is 5.56 Å². The van der Waals surface area contributed by atoms with Crippen LogP contribution in [0, 0.1) is 5.82 Å². The monoisotopic (exact) mass is 319 g/mol. The molecule has 1 aromatic carbocycles. The molecule has 1 amide bonds. The molecule has 0 radical (unpaired) electrons. The molecule has 1 aromatic rings. The highest BCUT2D eigenvalue weighted by atomic mass is 79.9. The summed E-state index contributed by atoms with van der Waals surface area (Å²) in [6, 6.07) is 3.67. The zero-order valence-electron chi connectivity index (χ0n) is 9.19. The van der Waals surface area contributed by atoms with Crippen LogP contribution >= 0.6 is 15.9 Å². The van der Waals surface area contributed by atoms with Crippen molar-refractivity contribution in [1.29, 1.82) is 0 Å². The smallest absolute Gasteiger partial charge is 0.332 e. The van der Waals surface area contributed by atoms with Crippen LogP contribution in [-0.2, 0) is 4.79 Å². The molecule has 0 unspecified atom stereocenters. The minimum Gasteiger partial charge on any atom is -0.479 e. The molecule has 0 aromatic heterocycles. The highest BCUT2D eigenvalue weighted by molar-refractivity contribution is 9.10. The lowest BCUT2D eigenvalue weighted by Gasteiger charge is -2.08. The molecule has 18 heavy (non-hydrogen) atoms. The average molecular weight is 320 g/mol. The third-order valence-corrected chi connectivity index (χ3v) is 2.85. The first-order chi connectivity index (χ1) is 8.41. The number of hydrogen-bond acceptors (Lipinski definition) is 3. The second kappa shape index (κ2) is 6.46. The van der Waals surface area contributed by atoms with E-state index in [2.05, 4.69) is 21.2 Å². The van der Waals surface area contributed by atoms with E-state index >= 15 is 0 Å². The van der Waals surface area contributed by atoms with E-state index in [9.17, 15) is 14.0 Å². The van der Waals surface area contributed by atoms with Crippen LogP contribution in [0.3, 0.4) is 0 Å². The van der Waals surface area contributed by atoms with Crippen LogP contribution in [0.5, 0.6) is 0 Å². The van der Waals surface area contributed by atoms with Gasteiger partial charge >= 0.3 is 5.97 Å². The van der Waals surface area contributed by atoms with E-state index in [1.54, 1.807) is 0 Å². The molecule has 0 aliphatic rings. The van der Waals surface area contributed by atoms with Crippen molar-refractivity contribution in [3.05, 3.63) is 34.1 Å². The van der Waals surface area contributed by atoms with Gasteiger partial charge in [0.15, 0.2) is 6.10 Å². The third-order valence-electron chi connectivity index (χ3n) is 2.16. The highest BCUT2D eigenvalue weighted by Crippen LogP contribution is 2.17. The normalized spacial score (nSPS) is 11.9. The van der Waals surface area contributed by atoms with E-state index in [-0.39, 0.29) is 18.5 Å². The SMILES string of the molecule is O=C(NCC[C@H](O)C(=O)O)c1cc(F)ccc1Br. The second-order valence-electron chi connectivity index (χ2n) is 3.52. The molecular weight excluding hydrogens is 309 g/mol. The molecule has 0 saturated heterocycles. The fraction of sp³-hybridized carbons (Fsp3) is 0.273. The number of aliphatic carboxylic acids is 1. The average Bonchev–Trinajstić information content (AvgIpc) is 2.31. The summed E-state index contributed by atoms with van der Waals surface area (Å²) in [5.74, 6) is -2.44. The molecule has 0 aliphatic heterocycles. The largest absolute Gasteiger partial charge is 0.479 e. The van der Waals surface area contributed by atoms with Crippen molar-refractivity contribution in [2.45, 2.75) is 12.5 Å². The second-order valence-corrected chi connectivity index (χ2v) is 4.38. The van der Waals surface area contributed by atoms with E-state index in [4.69, 9.17) is 10.2 Å². The number of amides is 1. The maximum absolute atomic E-state index is 12.9. The van der Waals surface area contributed by atoms with E-state index in [1.807, 2.05) is 0 Å². The number of benzene rings is 1. The Kier molecular flexibility index (Phi) is 5.24. The summed E-state index contributed by atoms with van der Waals surface area (Å²) in [4.78, 5) is 22.0. The lowest BCUT2D eigenvalue weighted by atomic mass is 10.2. The Labute approximate surface area is 111 Å². The number of carbonyl (C=O) groups is 2. The summed E-state index contributed by atoms with van der Waals surface area (Å²) in [6.07, 6.45) is -1.64. The number of aliphatic hydroxyl groups is 1. The maximum Gasteiger partial charge on any atom is 0.332 e. The predicted molar refractivity (Wildman–Crippen MR) is 64.7 cm³/mol. The number of halogens is 2. The number of hydrogen-bond donors (Lipinski definition) is 3. The summed E-state index contributed by atoms with van der Waals surface area (Å²) in [5.41, 5.74) is 0.111. The maximum atomic E-state index is 12.9. The van der Waals surface area contributed by atoms with Gasteiger partial charge in [0.1, 0.15) is 5.82 Å². The molecule has 3 N–H and O–H groups in total. The standard InChI is InChI=1S/C11H11BrFNO4/c12-8-2-1-6(13)5-7(8)10(16)14-4-3-9(15)11(17)18/h1-2,5,9,15H,3-4H2,(H,14,16)(H,17,18)/t9-/m0/s1. The first-order valence-corrected chi connectivity index (χ1v) is 5.85. The Morgan fingerprint density at radius 3 is 2.72 bits per heavy atom. The number of aliphatic hydroxyl groups excluding tert-OH is 1. The Morgan fingerprint density at radius 2 is 2.11 bits per heavy atom. The Morgan fingerprint density at radius 1 is 1.44 bits per heavy atom. The van der Waals surface area contributed by atoms with Gasteiger partial charge in [0, 0.05) is 17.4 Å². The van der Waals surface area contributed by atoms with Gasteiger partial charge < -0.3 is 15.5 Å². The quantitative estimate of drug-likeness (QED) is 0.760. The third kappa shape index (κ3) is 4.08. The van der Waals surface area contributed by atoms with E-state index in [0.717, 1.165) is 6.07 Å². The molecule has 98 valence electrons. The molecule has 0 aliphatic carbocycles. The Balaban J connectivity index is 2.55. The van der Waals surface area contributed by atoms with Gasteiger partial charge in [-0.3, -0.25) is 4.79 Å². The summed E-state index contributed by atoms with van der Waals surface area (Å²) >= 11 is 3.10. The van der Waals surface area contributed by atoms with E-state index in [0.29, 0.717) is 4.47 Å². The van der Waals surface area contributed by atoms with Crippen LogP contribution in [-0.4, -0.2) is 34.7 Å². The number of carbonyl (C=O) groups excluding carboxylic acids is 1. The number of carboxylic acid groups (broad SMARTS) is 1. The zero-order valence-corrected chi connectivity index (χ0v) is 10.8. The molecule has 5 nitrogen and oxygen atoms in total. The molecule has 0 spiro atoms. The lowest BCUT2D eigenvalue weighted by Crippen LogP contribution is -2.30. The van der Waals surface area contributed by atoms with Crippen molar-refractivity contribution in [1.82, 2.24) is 5.32 Å². The molecule has 0 saturated carbocycles. The summed E-state index contributed by atoms with van der Waals surface area (Å²) in [6.45, 7) is -0.0186. The summed E-state index contributed by atoms with van der Waals surface area (Å²) < 4.78 is 13.4. The molecular formula is C11H11BrFNO4. The van der Waals surface area contributed by atoms with Crippen molar-refractivity contribution in [2.24, 2.45) is 0 Å². The predicted octanol–water partition coefficient (Wildman–Crippen LogP) is 1.15. The molecule has 1 atom stereocenters. The van der Waals surface area contributed by atoms with Crippen molar-refractivity contribution >= 4 is 27.8 Å².